The van der Waals surface area contributed by atoms with Gasteiger partial charge in [0.1, 0.15) is 12.4 Å². The fourth-order valence-electron chi connectivity index (χ4n) is 2.44. The van der Waals surface area contributed by atoms with E-state index in [4.69, 9.17) is 10.5 Å². The van der Waals surface area contributed by atoms with Gasteiger partial charge in [-0.25, -0.2) is 0 Å². The van der Waals surface area contributed by atoms with E-state index in [2.05, 4.69) is 25.0 Å². The first kappa shape index (κ1) is 15.6. The lowest BCUT2D eigenvalue weighted by Crippen LogP contribution is -2.08. The van der Waals surface area contributed by atoms with Crippen molar-refractivity contribution in [3.63, 3.8) is 0 Å². The lowest BCUT2D eigenvalue weighted by atomic mass is 10.1. The van der Waals surface area contributed by atoms with E-state index in [0.29, 0.717) is 19.2 Å². The van der Waals surface area contributed by atoms with Gasteiger partial charge in [0.2, 0.25) is 0 Å². The quantitative estimate of drug-likeness (QED) is 0.810. The summed E-state index contributed by atoms with van der Waals surface area (Å²) >= 11 is 0. The molecule has 1 aromatic heterocycles. The lowest BCUT2D eigenvalue weighted by Gasteiger charge is -2.12. The van der Waals surface area contributed by atoms with Crippen LogP contribution in [0.2, 0.25) is 0 Å². The van der Waals surface area contributed by atoms with Crippen molar-refractivity contribution in [1.29, 1.82) is 0 Å². The van der Waals surface area contributed by atoms with Crippen molar-refractivity contribution in [3.8, 4) is 5.75 Å². The van der Waals surface area contributed by atoms with Gasteiger partial charge < -0.3 is 10.5 Å². The summed E-state index contributed by atoms with van der Waals surface area (Å²) in [4.78, 5) is 0. The van der Waals surface area contributed by atoms with Crippen molar-refractivity contribution in [1.82, 2.24) is 9.78 Å². The fourth-order valence-corrected chi connectivity index (χ4v) is 2.44. The zero-order valence-electron chi connectivity index (χ0n) is 13.0. The molecular weight excluding hydrogens is 262 g/mol. The Bertz CT molecular complexity index is 546. The van der Waals surface area contributed by atoms with Crippen LogP contribution in [-0.2, 0) is 13.0 Å². The second-order valence-electron chi connectivity index (χ2n) is 5.23. The Morgan fingerprint density at radius 1 is 1.24 bits per heavy atom. The molecule has 0 aliphatic rings. The number of hydrogen-bond acceptors (Lipinski definition) is 3. The average Bonchev–Trinajstić information content (AvgIpc) is 2.96. The molecule has 2 rings (SSSR count). The minimum Gasteiger partial charge on any atom is -0.487 e. The van der Waals surface area contributed by atoms with Gasteiger partial charge in [-0.2, -0.15) is 5.10 Å². The van der Waals surface area contributed by atoms with E-state index in [1.165, 1.54) is 5.56 Å². The molecule has 0 amide bonds. The van der Waals surface area contributed by atoms with Crippen LogP contribution in [0, 0.1) is 0 Å². The summed E-state index contributed by atoms with van der Waals surface area (Å²) in [7, 11) is 0. The first-order valence-electron chi connectivity index (χ1n) is 7.72. The molecule has 0 spiro atoms. The van der Waals surface area contributed by atoms with Crippen molar-refractivity contribution in [2.75, 3.05) is 6.54 Å². The smallest absolute Gasteiger partial charge is 0.132 e. The molecule has 4 nitrogen and oxygen atoms in total. The lowest BCUT2D eigenvalue weighted by molar-refractivity contribution is 0.297. The highest BCUT2D eigenvalue weighted by Crippen LogP contribution is 2.17. The van der Waals surface area contributed by atoms with E-state index in [1.54, 1.807) is 0 Å². The van der Waals surface area contributed by atoms with Gasteiger partial charge in [-0.05, 0) is 49.6 Å². The monoisotopic (exact) mass is 287 g/mol. The highest BCUT2D eigenvalue weighted by Gasteiger charge is 2.08. The average molecular weight is 287 g/mol. The van der Waals surface area contributed by atoms with E-state index in [1.807, 2.05) is 35.1 Å². The van der Waals surface area contributed by atoms with Crippen LogP contribution >= 0.6 is 0 Å². The summed E-state index contributed by atoms with van der Waals surface area (Å²) < 4.78 is 7.87. The van der Waals surface area contributed by atoms with Crippen molar-refractivity contribution < 1.29 is 4.74 Å². The summed E-state index contributed by atoms with van der Waals surface area (Å²) in [5.74, 6) is 0.873. The Morgan fingerprint density at radius 3 is 2.76 bits per heavy atom. The van der Waals surface area contributed by atoms with Crippen LogP contribution in [-0.4, -0.2) is 16.3 Å². The number of nitrogens with zero attached hydrogens (tertiary/aromatic N) is 2. The molecule has 2 N–H and O–H groups in total. The topological polar surface area (TPSA) is 53.1 Å². The van der Waals surface area contributed by atoms with Gasteiger partial charge in [0, 0.05) is 6.20 Å². The van der Waals surface area contributed by atoms with Crippen molar-refractivity contribution in [3.05, 3.63) is 47.8 Å². The van der Waals surface area contributed by atoms with Crippen LogP contribution in [0.4, 0.5) is 0 Å². The number of rotatable bonds is 8. The minimum absolute atomic E-state index is 0.478. The first-order valence-corrected chi connectivity index (χ1v) is 7.72. The maximum absolute atomic E-state index is 5.82. The van der Waals surface area contributed by atoms with Crippen molar-refractivity contribution in [2.24, 2.45) is 5.73 Å². The third kappa shape index (κ3) is 4.33. The Kier molecular flexibility index (Phi) is 5.81. The molecule has 0 aliphatic heterocycles. The van der Waals surface area contributed by atoms with Gasteiger partial charge in [-0.3, -0.25) is 4.68 Å². The number of hydrogen-bond donors (Lipinski definition) is 1. The second-order valence-corrected chi connectivity index (χ2v) is 5.23. The zero-order valence-corrected chi connectivity index (χ0v) is 13.0. The third-order valence-corrected chi connectivity index (χ3v) is 3.70. The molecule has 2 aromatic rings. The molecular formula is C17H25N3O. The summed E-state index contributed by atoms with van der Waals surface area (Å²) in [5, 5.41) is 4.60. The van der Waals surface area contributed by atoms with Gasteiger partial charge in [0.05, 0.1) is 11.7 Å². The van der Waals surface area contributed by atoms with E-state index in [0.717, 1.165) is 30.7 Å². The van der Waals surface area contributed by atoms with Crippen LogP contribution in [0.5, 0.6) is 5.75 Å². The summed E-state index contributed by atoms with van der Waals surface area (Å²) in [6, 6.07) is 10.6. The predicted molar refractivity (Wildman–Crippen MR) is 85.4 cm³/mol. The first-order chi connectivity index (χ1) is 10.3. The van der Waals surface area contributed by atoms with Crippen LogP contribution < -0.4 is 10.5 Å². The molecule has 0 atom stereocenters. The van der Waals surface area contributed by atoms with Gasteiger partial charge in [-0.1, -0.05) is 26.0 Å². The second kappa shape index (κ2) is 7.84. The van der Waals surface area contributed by atoms with Gasteiger partial charge in [0.15, 0.2) is 0 Å². The minimum atomic E-state index is 0.478. The van der Waals surface area contributed by atoms with Gasteiger partial charge in [-0.15, -0.1) is 0 Å². The highest BCUT2D eigenvalue weighted by atomic mass is 16.5. The predicted octanol–water partition coefficient (Wildman–Crippen LogP) is 3.32. The molecule has 21 heavy (non-hydrogen) atoms. The van der Waals surface area contributed by atoms with Crippen molar-refractivity contribution >= 4 is 0 Å². The molecule has 1 aromatic carbocycles. The number of ether oxygens (including phenoxy) is 1. The van der Waals surface area contributed by atoms with Crippen LogP contribution in [0.25, 0.3) is 0 Å². The summed E-state index contributed by atoms with van der Waals surface area (Å²) in [5.41, 5.74) is 7.75. The normalized spacial score (nSPS) is 11.0. The van der Waals surface area contributed by atoms with E-state index in [9.17, 15) is 0 Å². The molecule has 0 bridgehead atoms. The molecule has 114 valence electrons. The number of benzene rings is 1. The van der Waals surface area contributed by atoms with Gasteiger partial charge in [0.25, 0.3) is 0 Å². The van der Waals surface area contributed by atoms with Crippen LogP contribution in [0.1, 0.15) is 44.0 Å². The molecule has 0 unspecified atom stereocenters. The van der Waals surface area contributed by atoms with E-state index in [-0.39, 0.29) is 0 Å². The molecule has 1 heterocycles. The van der Waals surface area contributed by atoms with Crippen LogP contribution in [0.3, 0.4) is 0 Å². The molecule has 0 radical (unpaired) electrons. The Hall–Kier alpha value is -1.81. The van der Waals surface area contributed by atoms with E-state index >= 15 is 0 Å². The molecule has 0 fully saturated rings. The Labute approximate surface area is 126 Å². The largest absolute Gasteiger partial charge is 0.487 e. The molecule has 0 aliphatic carbocycles. The summed E-state index contributed by atoms with van der Waals surface area (Å²) in [6.07, 6.45) is 5.11. The Balaban J connectivity index is 1.95. The molecule has 0 saturated heterocycles. The molecule has 4 heteroatoms. The third-order valence-electron chi connectivity index (χ3n) is 3.70. The SMILES string of the molecule is CCC(CC)n1ccc(COc2cccc(CCN)c2)n1. The van der Waals surface area contributed by atoms with Crippen LogP contribution in [0.15, 0.2) is 36.5 Å². The zero-order chi connectivity index (χ0) is 15.1. The maximum atomic E-state index is 5.82. The molecule has 0 saturated carbocycles. The fraction of sp³-hybridized carbons (Fsp3) is 0.471. The van der Waals surface area contributed by atoms with E-state index < -0.39 is 0 Å². The van der Waals surface area contributed by atoms with Crippen molar-refractivity contribution in [2.45, 2.75) is 45.8 Å². The Morgan fingerprint density at radius 2 is 2.05 bits per heavy atom. The van der Waals surface area contributed by atoms with Gasteiger partial charge >= 0.3 is 0 Å². The summed E-state index contributed by atoms with van der Waals surface area (Å²) in [6.45, 7) is 5.53. The standard InChI is InChI=1S/C17H25N3O/c1-3-16(4-2)20-11-9-15(19-20)13-21-17-7-5-6-14(12-17)8-10-18/h5-7,9,11-12,16H,3-4,8,10,13,18H2,1-2H3. The highest BCUT2D eigenvalue weighted by molar-refractivity contribution is 5.28. The number of aromatic nitrogens is 2. The number of nitrogens with two attached hydrogens (primary N) is 1. The maximum Gasteiger partial charge on any atom is 0.132 e.